The van der Waals surface area contributed by atoms with Gasteiger partial charge in [-0.05, 0) is 18.1 Å². The number of benzene rings is 1. The molecule has 0 radical (unpaired) electrons. The van der Waals surface area contributed by atoms with Gasteiger partial charge in [0, 0.05) is 30.0 Å². The Labute approximate surface area is 109 Å². The molecule has 1 N–H and O–H groups in total. The lowest BCUT2D eigenvalue weighted by molar-refractivity contribution is 0.280. The molecule has 0 atom stereocenters. The van der Waals surface area contributed by atoms with Gasteiger partial charge in [0.25, 0.3) is 0 Å². The Morgan fingerprint density at radius 3 is 2.37 bits per heavy atom. The van der Waals surface area contributed by atoms with Crippen LogP contribution in [0.25, 0.3) is 0 Å². The van der Waals surface area contributed by atoms with Crippen molar-refractivity contribution in [1.82, 2.24) is 4.98 Å². The van der Waals surface area contributed by atoms with Gasteiger partial charge in [-0.15, -0.1) is 0 Å². The topological polar surface area (TPSA) is 42.4 Å². The van der Waals surface area contributed by atoms with E-state index in [2.05, 4.69) is 4.98 Å². The molecule has 0 saturated carbocycles. The van der Waals surface area contributed by atoms with Crippen LogP contribution >= 0.6 is 0 Å². The van der Waals surface area contributed by atoms with Crippen LogP contribution in [-0.2, 0) is 13.0 Å². The average Bonchev–Trinajstić information content (AvgIpc) is 2.37. The molecule has 2 aromatic rings. The summed E-state index contributed by atoms with van der Waals surface area (Å²) in [6, 6.07) is 6.19. The minimum absolute atomic E-state index is 0.0298. The smallest absolute Gasteiger partial charge is 0.219 e. The third kappa shape index (κ3) is 3.48. The van der Waals surface area contributed by atoms with Crippen molar-refractivity contribution in [2.24, 2.45) is 0 Å². The second-order valence-corrected chi connectivity index (χ2v) is 4.02. The van der Waals surface area contributed by atoms with Crippen molar-refractivity contribution >= 4 is 0 Å². The second-order valence-electron chi connectivity index (χ2n) is 4.02. The Balaban J connectivity index is 2.31. The van der Waals surface area contributed by atoms with Crippen LogP contribution in [0.15, 0.2) is 30.3 Å². The second kappa shape index (κ2) is 5.75. The van der Waals surface area contributed by atoms with Gasteiger partial charge in [-0.1, -0.05) is 6.92 Å². The maximum Gasteiger partial charge on any atom is 0.219 e. The molecule has 3 nitrogen and oxygen atoms in total. The molecule has 0 spiro atoms. The minimum atomic E-state index is -0.718. The number of halogens is 2. The molecular formula is C14H13F2NO2. The number of rotatable bonds is 4. The molecular weight excluding hydrogens is 252 g/mol. The number of ether oxygens (including phenoxy) is 1. The van der Waals surface area contributed by atoms with E-state index in [0.717, 1.165) is 23.9 Å². The maximum atomic E-state index is 13.0. The summed E-state index contributed by atoms with van der Waals surface area (Å²) in [7, 11) is 0. The first-order valence-electron chi connectivity index (χ1n) is 5.85. The highest BCUT2D eigenvalue weighted by Gasteiger charge is 2.06. The largest absolute Gasteiger partial charge is 0.439 e. The quantitative estimate of drug-likeness (QED) is 0.923. The van der Waals surface area contributed by atoms with E-state index < -0.39 is 11.6 Å². The lowest BCUT2D eigenvalue weighted by atomic mass is 10.2. The molecule has 1 aromatic carbocycles. The summed E-state index contributed by atoms with van der Waals surface area (Å²) in [6.07, 6.45) is 0.668. The van der Waals surface area contributed by atoms with Crippen molar-refractivity contribution in [1.29, 1.82) is 0 Å². The molecule has 0 fully saturated rings. The fraction of sp³-hybridized carbons (Fsp3) is 0.214. The van der Waals surface area contributed by atoms with Crippen LogP contribution < -0.4 is 4.74 Å². The Morgan fingerprint density at radius 2 is 1.79 bits per heavy atom. The van der Waals surface area contributed by atoms with Gasteiger partial charge in [0.1, 0.15) is 17.4 Å². The number of aryl methyl sites for hydroxylation is 1. The number of aromatic nitrogens is 1. The predicted octanol–water partition coefficient (Wildman–Crippen LogP) is 3.21. The van der Waals surface area contributed by atoms with E-state index in [0.29, 0.717) is 12.0 Å². The first-order valence-corrected chi connectivity index (χ1v) is 5.85. The number of hydrogen-bond donors (Lipinski definition) is 1. The summed E-state index contributed by atoms with van der Waals surface area (Å²) in [4.78, 5) is 4.18. The van der Waals surface area contributed by atoms with Crippen LogP contribution in [0.2, 0.25) is 0 Å². The lowest BCUT2D eigenvalue weighted by Gasteiger charge is -2.08. The zero-order valence-corrected chi connectivity index (χ0v) is 10.4. The van der Waals surface area contributed by atoms with Crippen molar-refractivity contribution in [2.45, 2.75) is 20.0 Å². The third-order valence-corrected chi connectivity index (χ3v) is 2.52. The number of aliphatic hydroxyl groups is 1. The highest BCUT2D eigenvalue weighted by atomic mass is 19.1. The zero-order chi connectivity index (χ0) is 13.8. The predicted molar refractivity (Wildman–Crippen MR) is 66.0 cm³/mol. The highest BCUT2D eigenvalue weighted by Crippen LogP contribution is 2.23. The van der Waals surface area contributed by atoms with E-state index in [1.807, 2.05) is 6.92 Å². The highest BCUT2D eigenvalue weighted by molar-refractivity contribution is 5.31. The monoisotopic (exact) mass is 265 g/mol. The molecule has 5 heteroatoms. The van der Waals surface area contributed by atoms with Crippen LogP contribution in [0.3, 0.4) is 0 Å². The molecule has 2 rings (SSSR count). The fourth-order valence-corrected chi connectivity index (χ4v) is 1.65. The van der Waals surface area contributed by atoms with E-state index in [4.69, 9.17) is 9.84 Å². The molecule has 100 valence electrons. The Kier molecular flexibility index (Phi) is 4.06. The van der Waals surface area contributed by atoms with Crippen LogP contribution in [0.1, 0.15) is 18.2 Å². The number of hydrogen-bond acceptors (Lipinski definition) is 3. The van der Waals surface area contributed by atoms with Gasteiger partial charge in [-0.25, -0.2) is 13.8 Å². The molecule has 0 amide bonds. The van der Waals surface area contributed by atoms with E-state index >= 15 is 0 Å². The normalized spacial score (nSPS) is 10.5. The third-order valence-electron chi connectivity index (χ3n) is 2.52. The minimum Gasteiger partial charge on any atom is -0.439 e. The zero-order valence-electron chi connectivity index (χ0n) is 10.4. The number of pyridine rings is 1. The van der Waals surface area contributed by atoms with Gasteiger partial charge in [-0.2, -0.15) is 0 Å². The molecule has 1 aromatic heterocycles. The van der Waals surface area contributed by atoms with Crippen LogP contribution in [0, 0.1) is 11.6 Å². The van der Waals surface area contributed by atoms with Gasteiger partial charge < -0.3 is 9.84 Å². The standard InChI is InChI=1S/C14H13F2NO2/c1-2-12-3-9(8-18)4-14(17-12)19-13-6-10(15)5-11(16)7-13/h3-7,18H,2,8H2,1H3. The first kappa shape index (κ1) is 13.4. The molecule has 0 aliphatic heterocycles. The Hall–Kier alpha value is -2.01. The van der Waals surface area contributed by atoms with Crippen LogP contribution in [0.5, 0.6) is 11.6 Å². The van der Waals surface area contributed by atoms with Gasteiger partial charge in [0.05, 0.1) is 6.61 Å². The summed E-state index contributed by atoms with van der Waals surface area (Å²) < 4.78 is 31.4. The Bertz CT molecular complexity index is 545. The van der Waals surface area contributed by atoms with Crippen LogP contribution in [-0.4, -0.2) is 10.1 Å². The summed E-state index contributed by atoms with van der Waals surface area (Å²) in [5, 5.41) is 9.13. The van der Waals surface area contributed by atoms with Gasteiger partial charge in [-0.3, -0.25) is 0 Å². The summed E-state index contributed by atoms with van der Waals surface area (Å²) in [6.45, 7) is 1.76. The van der Waals surface area contributed by atoms with Crippen molar-refractivity contribution in [2.75, 3.05) is 0 Å². The van der Waals surface area contributed by atoms with E-state index in [9.17, 15) is 8.78 Å². The number of aliphatic hydroxyl groups excluding tert-OH is 1. The Morgan fingerprint density at radius 1 is 1.11 bits per heavy atom. The maximum absolute atomic E-state index is 13.0. The van der Waals surface area contributed by atoms with Gasteiger partial charge in [0.2, 0.25) is 5.88 Å². The average molecular weight is 265 g/mol. The molecule has 0 aliphatic rings. The first-order chi connectivity index (χ1) is 9.10. The molecule has 0 aliphatic carbocycles. The van der Waals surface area contributed by atoms with Crippen molar-refractivity contribution in [3.63, 3.8) is 0 Å². The number of nitrogens with zero attached hydrogens (tertiary/aromatic N) is 1. The molecule has 0 saturated heterocycles. The molecule has 0 unspecified atom stereocenters. The van der Waals surface area contributed by atoms with Crippen molar-refractivity contribution in [3.05, 3.63) is 53.2 Å². The van der Waals surface area contributed by atoms with Crippen LogP contribution in [0.4, 0.5) is 8.78 Å². The lowest BCUT2D eigenvalue weighted by Crippen LogP contribution is -1.96. The molecule has 1 heterocycles. The SMILES string of the molecule is CCc1cc(CO)cc(Oc2cc(F)cc(F)c2)n1. The fourth-order valence-electron chi connectivity index (χ4n) is 1.65. The van der Waals surface area contributed by atoms with E-state index in [-0.39, 0.29) is 18.2 Å². The van der Waals surface area contributed by atoms with E-state index in [1.54, 1.807) is 6.07 Å². The summed E-state index contributed by atoms with van der Waals surface area (Å²) >= 11 is 0. The van der Waals surface area contributed by atoms with E-state index in [1.165, 1.54) is 6.07 Å². The van der Waals surface area contributed by atoms with Crippen molar-refractivity contribution < 1.29 is 18.6 Å². The molecule has 0 bridgehead atoms. The summed E-state index contributed by atoms with van der Waals surface area (Å²) in [5.41, 5.74) is 1.37. The van der Waals surface area contributed by atoms with Gasteiger partial charge >= 0.3 is 0 Å². The van der Waals surface area contributed by atoms with Crippen molar-refractivity contribution in [3.8, 4) is 11.6 Å². The molecule has 19 heavy (non-hydrogen) atoms. The summed E-state index contributed by atoms with van der Waals surface area (Å²) in [5.74, 6) is -1.21. The van der Waals surface area contributed by atoms with Gasteiger partial charge in [0.15, 0.2) is 0 Å².